The molecule has 0 aliphatic rings. The summed E-state index contributed by atoms with van der Waals surface area (Å²) in [5, 5.41) is 8.87. The zero-order valence-corrected chi connectivity index (χ0v) is 10.8. The maximum atomic E-state index is 11.4. The molecule has 0 aliphatic carbocycles. The van der Waals surface area contributed by atoms with E-state index in [4.69, 9.17) is 21.6 Å². The monoisotopic (exact) mass is 335 g/mol. The van der Waals surface area contributed by atoms with E-state index in [-0.39, 0.29) is 11.7 Å². The number of Topliss-reactive ketones (excluding diaryl/α,β-unsaturated/α-hetero) is 1. The molecule has 0 heterocycles. The van der Waals surface area contributed by atoms with Gasteiger partial charge >= 0.3 is 0 Å². The Hall–Kier alpha value is -0.800. The smallest absolute Gasteiger partial charge is 0.177 e. The minimum atomic E-state index is -0.183. The zero-order valence-electron chi connectivity index (χ0n) is 7.88. The molecule has 0 radical (unpaired) electrons. The fourth-order valence-corrected chi connectivity index (χ4v) is 1.97. The molecule has 0 aliphatic heterocycles. The third kappa shape index (κ3) is 2.61. The Morgan fingerprint density at radius 3 is 2.80 bits per heavy atom. The Labute approximate surface area is 106 Å². The van der Waals surface area contributed by atoms with Crippen LogP contribution in [0.15, 0.2) is 12.1 Å². The Kier molecular flexibility index (Phi) is 4.36. The Morgan fingerprint density at radius 2 is 2.33 bits per heavy atom. The van der Waals surface area contributed by atoms with Crippen LogP contribution in [-0.2, 0) is 0 Å². The van der Waals surface area contributed by atoms with Gasteiger partial charge in [0.2, 0.25) is 0 Å². The molecular formula is C10H7ClINO2. The molecule has 1 rings (SSSR count). The van der Waals surface area contributed by atoms with Gasteiger partial charge in [-0.3, -0.25) is 4.79 Å². The standard InChI is InChI=1S/C10H7ClINO2/c1-15-10-3-6(9(14)4-11)2-8(12)7(10)5-13/h2-3H,4H2,1H3. The van der Waals surface area contributed by atoms with Crippen LogP contribution in [0.3, 0.4) is 0 Å². The van der Waals surface area contributed by atoms with Crippen molar-refractivity contribution in [1.82, 2.24) is 0 Å². The number of nitrogens with zero attached hydrogens (tertiary/aromatic N) is 1. The molecular weight excluding hydrogens is 328 g/mol. The van der Waals surface area contributed by atoms with Gasteiger partial charge in [0.25, 0.3) is 0 Å². The van der Waals surface area contributed by atoms with E-state index in [1.807, 2.05) is 28.7 Å². The number of benzene rings is 1. The van der Waals surface area contributed by atoms with Crippen LogP contribution in [0.5, 0.6) is 5.75 Å². The largest absolute Gasteiger partial charge is 0.495 e. The summed E-state index contributed by atoms with van der Waals surface area (Å²) >= 11 is 7.44. The first-order valence-electron chi connectivity index (χ1n) is 4.00. The molecule has 1 aromatic carbocycles. The van der Waals surface area contributed by atoms with Crippen LogP contribution in [-0.4, -0.2) is 18.8 Å². The number of hydrogen-bond acceptors (Lipinski definition) is 3. The molecule has 78 valence electrons. The first-order chi connectivity index (χ1) is 7.13. The van der Waals surface area contributed by atoms with Crippen molar-refractivity contribution in [2.75, 3.05) is 13.0 Å². The van der Waals surface area contributed by atoms with Crippen LogP contribution < -0.4 is 4.74 Å². The zero-order chi connectivity index (χ0) is 11.4. The van der Waals surface area contributed by atoms with Crippen LogP contribution in [0.4, 0.5) is 0 Å². The highest BCUT2D eigenvalue weighted by molar-refractivity contribution is 14.1. The van der Waals surface area contributed by atoms with Crippen LogP contribution in [0.25, 0.3) is 0 Å². The highest BCUT2D eigenvalue weighted by Gasteiger charge is 2.13. The summed E-state index contributed by atoms with van der Waals surface area (Å²) in [6, 6.07) is 5.19. The molecule has 0 saturated heterocycles. The van der Waals surface area contributed by atoms with Gasteiger partial charge in [0.1, 0.15) is 17.4 Å². The van der Waals surface area contributed by atoms with Crippen LogP contribution in [0.1, 0.15) is 15.9 Å². The van der Waals surface area contributed by atoms with Crippen molar-refractivity contribution in [1.29, 1.82) is 5.26 Å². The molecule has 0 N–H and O–H groups in total. The lowest BCUT2D eigenvalue weighted by Crippen LogP contribution is -2.03. The number of carbonyl (C=O) groups excluding carboxylic acids is 1. The first kappa shape index (κ1) is 12.3. The predicted molar refractivity (Wildman–Crippen MR) is 65.5 cm³/mol. The summed E-state index contributed by atoms with van der Waals surface area (Å²) in [7, 11) is 1.46. The maximum Gasteiger partial charge on any atom is 0.177 e. The Morgan fingerprint density at radius 1 is 1.67 bits per heavy atom. The lowest BCUT2D eigenvalue weighted by atomic mass is 10.1. The number of alkyl halides is 1. The van der Waals surface area contributed by atoms with E-state index < -0.39 is 0 Å². The summed E-state index contributed by atoms with van der Waals surface area (Å²) in [4.78, 5) is 11.4. The van der Waals surface area contributed by atoms with Gasteiger partial charge < -0.3 is 4.74 Å². The van der Waals surface area contributed by atoms with E-state index >= 15 is 0 Å². The van der Waals surface area contributed by atoms with E-state index in [0.29, 0.717) is 20.4 Å². The second-order valence-electron chi connectivity index (χ2n) is 2.70. The number of carbonyl (C=O) groups is 1. The van der Waals surface area contributed by atoms with Crippen molar-refractivity contribution < 1.29 is 9.53 Å². The number of ketones is 1. The van der Waals surface area contributed by atoms with Crippen molar-refractivity contribution in [3.05, 3.63) is 26.8 Å². The topological polar surface area (TPSA) is 50.1 Å². The SMILES string of the molecule is COc1cc(C(=O)CCl)cc(I)c1C#N. The molecule has 15 heavy (non-hydrogen) atoms. The van der Waals surface area contributed by atoms with E-state index in [1.165, 1.54) is 13.2 Å². The molecule has 0 unspecified atom stereocenters. The van der Waals surface area contributed by atoms with Gasteiger partial charge in [0.05, 0.1) is 13.0 Å². The summed E-state index contributed by atoms with van der Waals surface area (Å²) in [5.41, 5.74) is 0.898. The van der Waals surface area contributed by atoms with Crippen LogP contribution >= 0.6 is 34.2 Å². The number of ether oxygens (including phenoxy) is 1. The van der Waals surface area contributed by atoms with Crippen LogP contribution in [0.2, 0.25) is 0 Å². The van der Waals surface area contributed by atoms with E-state index in [1.54, 1.807) is 6.07 Å². The molecule has 0 saturated carbocycles. The summed E-state index contributed by atoms with van der Waals surface area (Å²) in [6.07, 6.45) is 0. The van der Waals surface area contributed by atoms with E-state index in [2.05, 4.69) is 0 Å². The lowest BCUT2D eigenvalue weighted by molar-refractivity contribution is 0.102. The average molecular weight is 336 g/mol. The quantitative estimate of drug-likeness (QED) is 0.485. The molecule has 0 bridgehead atoms. The number of nitriles is 1. The highest BCUT2D eigenvalue weighted by atomic mass is 127. The summed E-state index contributed by atoms with van der Waals surface area (Å²) in [5.74, 6) is 0.140. The molecule has 0 amide bonds. The number of halogens is 2. The lowest BCUT2D eigenvalue weighted by Gasteiger charge is -2.06. The van der Waals surface area contributed by atoms with E-state index in [9.17, 15) is 4.79 Å². The van der Waals surface area contributed by atoms with Gasteiger partial charge in [-0.25, -0.2) is 0 Å². The fraction of sp³-hybridized carbons (Fsp3) is 0.200. The van der Waals surface area contributed by atoms with Gasteiger partial charge in [-0.15, -0.1) is 11.6 Å². The second-order valence-corrected chi connectivity index (χ2v) is 4.13. The highest BCUT2D eigenvalue weighted by Crippen LogP contribution is 2.25. The summed E-state index contributed by atoms with van der Waals surface area (Å²) < 4.78 is 5.71. The average Bonchev–Trinajstić information content (AvgIpc) is 2.26. The van der Waals surface area contributed by atoms with Crippen molar-refractivity contribution >= 4 is 40.0 Å². The fourth-order valence-electron chi connectivity index (χ4n) is 1.09. The summed E-state index contributed by atoms with van der Waals surface area (Å²) in [6.45, 7) is 0. The molecule has 0 aromatic heterocycles. The molecule has 3 nitrogen and oxygen atoms in total. The second kappa shape index (κ2) is 5.33. The van der Waals surface area contributed by atoms with Crippen LogP contribution in [0, 0.1) is 14.9 Å². The van der Waals surface area contributed by atoms with Gasteiger partial charge in [-0.2, -0.15) is 5.26 Å². The first-order valence-corrected chi connectivity index (χ1v) is 5.62. The number of hydrogen-bond donors (Lipinski definition) is 0. The van der Waals surface area contributed by atoms with Gasteiger partial charge in [-0.05, 0) is 34.7 Å². The Balaban J connectivity index is 3.33. The molecule has 0 spiro atoms. The van der Waals surface area contributed by atoms with Crippen molar-refractivity contribution in [3.8, 4) is 11.8 Å². The number of rotatable bonds is 3. The van der Waals surface area contributed by atoms with Gasteiger partial charge in [-0.1, -0.05) is 0 Å². The number of methoxy groups -OCH3 is 1. The third-order valence-electron chi connectivity index (χ3n) is 1.83. The molecule has 5 heteroatoms. The third-order valence-corrected chi connectivity index (χ3v) is 2.92. The minimum Gasteiger partial charge on any atom is -0.495 e. The maximum absolute atomic E-state index is 11.4. The molecule has 0 fully saturated rings. The van der Waals surface area contributed by atoms with Crippen molar-refractivity contribution in [3.63, 3.8) is 0 Å². The van der Waals surface area contributed by atoms with E-state index in [0.717, 1.165) is 0 Å². The van der Waals surface area contributed by atoms with Gasteiger partial charge in [0, 0.05) is 9.13 Å². The molecule has 1 aromatic rings. The van der Waals surface area contributed by atoms with Crippen molar-refractivity contribution in [2.24, 2.45) is 0 Å². The predicted octanol–water partition coefficient (Wildman–Crippen LogP) is 2.59. The molecule has 0 atom stereocenters. The Bertz CT molecular complexity index is 440. The van der Waals surface area contributed by atoms with Gasteiger partial charge in [0.15, 0.2) is 5.78 Å². The van der Waals surface area contributed by atoms with Crippen molar-refractivity contribution in [2.45, 2.75) is 0 Å². The minimum absolute atomic E-state index is 0.0782. The normalized spacial score (nSPS) is 9.47.